The van der Waals surface area contributed by atoms with Crippen LogP contribution in [0.3, 0.4) is 0 Å². The highest BCUT2D eigenvalue weighted by Gasteiger charge is 2.37. The molecule has 6 nitrogen and oxygen atoms in total. The Kier molecular flexibility index (Phi) is 10.6. The van der Waals surface area contributed by atoms with Crippen molar-refractivity contribution in [1.29, 1.82) is 0 Å². The number of amides is 2. The molecule has 1 aliphatic heterocycles. The fourth-order valence-corrected chi connectivity index (χ4v) is 4.51. The number of carboxylic acid groups (broad SMARTS) is 1. The summed E-state index contributed by atoms with van der Waals surface area (Å²) >= 11 is 12.4. The SMILES string of the molecule is CC(Cl)/C=C\C=C/C(C)C1CN(CC(=O)NCC(=O)O)C(=O)C(CC(C)C)c2ccc(Cl)cc21. The molecule has 0 radical (unpaired) electrons. The van der Waals surface area contributed by atoms with Crippen LogP contribution in [0.15, 0.2) is 42.5 Å². The molecule has 0 bridgehead atoms. The van der Waals surface area contributed by atoms with Crippen LogP contribution in [0.2, 0.25) is 5.02 Å². The van der Waals surface area contributed by atoms with Gasteiger partial charge in [-0.05, 0) is 48.4 Å². The van der Waals surface area contributed by atoms with Gasteiger partial charge in [-0.1, -0.05) is 62.7 Å². The van der Waals surface area contributed by atoms with Gasteiger partial charge in [0.25, 0.3) is 0 Å². The quantitative estimate of drug-likeness (QED) is 0.344. The first-order valence-corrected chi connectivity index (χ1v) is 12.4. The number of carboxylic acids is 1. The average molecular weight is 509 g/mol. The number of rotatable bonds is 10. The minimum atomic E-state index is -1.13. The topological polar surface area (TPSA) is 86.7 Å². The average Bonchev–Trinajstić information content (AvgIpc) is 2.85. The van der Waals surface area contributed by atoms with Crippen LogP contribution in [0, 0.1) is 11.8 Å². The molecule has 1 aromatic carbocycles. The summed E-state index contributed by atoms with van der Waals surface area (Å²) < 4.78 is 0. The molecule has 0 aliphatic carbocycles. The van der Waals surface area contributed by atoms with E-state index in [1.54, 1.807) is 11.0 Å². The number of alkyl halides is 1. The lowest BCUT2D eigenvalue weighted by Gasteiger charge is -2.28. The van der Waals surface area contributed by atoms with Gasteiger partial charge in [0.1, 0.15) is 6.54 Å². The van der Waals surface area contributed by atoms with Gasteiger partial charge < -0.3 is 15.3 Å². The van der Waals surface area contributed by atoms with Crippen LogP contribution in [0.4, 0.5) is 0 Å². The Bertz CT molecular complexity index is 943. The second-order valence-corrected chi connectivity index (χ2v) is 10.4. The molecule has 186 valence electrons. The number of benzene rings is 1. The molecule has 0 fully saturated rings. The third-order valence-electron chi connectivity index (χ3n) is 5.87. The lowest BCUT2D eigenvalue weighted by atomic mass is 9.80. The number of carbonyl (C=O) groups excluding carboxylic acids is 2. The standard InChI is InChI=1S/C26H34Cl2N2O4/c1-16(2)11-22-20-10-9-19(28)12-21(20)23(17(3)7-5-6-8-18(4)27)14-30(26(22)34)15-24(31)29-13-25(32)33/h5-10,12,16-18,22-23H,11,13-15H2,1-4H3,(H,29,31)(H,32,33)/b7-5-,8-6-. The number of hydrogen-bond donors (Lipinski definition) is 2. The summed E-state index contributed by atoms with van der Waals surface area (Å²) in [6, 6.07) is 5.66. The lowest BCUT2D eigenvalue weighted by Crippen LogP contribution is -2.44. The summed E-state index contributed by atoms with van der Waals surface area (Å²) in [5.74, 6) is -1.97. The third-order valence-corrected chi connectivity index (χ3v) is 6.25. The molecule has 1 aliphatic rings. The largest absolute Gasteiger partial charge is 0.480 e. The van der Waals surface area contributed by atoms with Crippen molar-refractivity contribution in [3.8, 4) is 0 Å². The van der Waals surface area contributed by atoms with E-state index in [2.05, 4.69) is 32.2 Å². The highest BCUT2D eigenvalue weighted by molar-refractivity contribution is 6.30. The molecule has 0 spiro atoms. The summed E-state index contributed by atoms with van der Waals surface area (Å²) in [5, 5.41) is 11.8. The van der Waals surface area contributed by atoms with E-state index in [0.717, 1.165) is 11.1 Å². The molecule has 4 atom stereocenters. The summed E-state index contributed by atoms with van der Waals surface area (Å²) in [4.78, 5) is 38.5. The number of aliphatic carboxylic acids is 1. The predicted molar refractivity (Wildman–Crippen MR) is 136 cm³/mol. The van der Waals surface area contributed by atoms with E-state index in [-0.39, 0.29) is 35.6 Å². The maximum absolute atomic E-state index is 13.7. The maximum Gasteiger partial charge on any atom is 0.322 e. The molecule has 2 N–H and O–H groups in total. The monoisotopic (exact) mass is 508 g/mol. The number of nitrogens with zero attached hydrogens (tertiary/aromatic N) is 1. The highest BCUT2D eigenvalue weighted by Crippen LogP contribution is 2.40. The Hall–Kier alpha value is -2.31. The Morgan fingerprint density at radius 3 is 2.47 bits per heavy atom. The Labute approximate surface area is 212 Å². The molecule has 1 heterocycles. The first-order chi connectivity index (χ1) is 16.0. The van der Waals surface area contributed by atoms with Gasteiger partial charge in [-0.15, -0.1) is 11.6 Å². The summed E-state index contributed by atoms with van der Waals surface area (Å²) in [5.41, 5.74) is 1.94. The van der Waals surface area contributed by atoms with Crippen LogP contribution in [0.5, 0.6) is 0 Å². The van der Waals surface area contributed by atoms with Crippen molar-refractivity contribution in [2.24, 2.45) is 11.8 Å². The van der Waals surface area contributed by atoms with Gasteiger partial charge in [0.15, 0.2) is 0 Å². The summed E-state index contributed by atoms with van der Waals surface area (Å²) in [6.07, 6.45) is 8.41. The first-order valence-electron chi connectivity index (χ1n) is 11.5. The molecule has 34 heavy (non-hydrogen) atoms. The molecular weight excluding hydrogens is 475 g/mol. The fraction of sp³-hybridized carbons (Fsp3) is 0.500. The van der Waals surface area contributed by atoms with Crippen LogP contribution in [0.1, 0.15) is 57.1 Å². The van der Waals surface area contributed by atoms with Crippen LogP contribution < -0.4 is 5.32 Å². The molecule has 0 saturated heterocycles. The van der Waals surface area contributed by atoms with Crippen molar-refractivity contribution >= 4 is 41.0 Å². The van der Waals surface area contributed by atoms with Crippen molar-refractivity contribution < 1.29 is 19.5 Å². The first kappa shape index (κ1) is 27.9. The van der Waals surface area contributed by atoms with E-state index in [1.807, 2.05) is 37.3 Å². The number of nitrogens with one attached hydrogen (secondary N) is 1. The molecule has 0 aromatic heterocycles. The molecule has 8 heteroatoms. The number of carbonyl (C=O) groups is 3. The Morgan fingerprint density at radius 1 is 1.18 bits per heavy atom. The van der Waals surface area contributed by atoms with E-state index in [4.69, 9.17) is 28.3 Å². The van der Waals surface area contributed by atoms with Crippen molar-refractivity contribution in [3.05, 3.63) is 58.7 Å². The van der Waals surface area contributed by atoms with Gasteiger partial charge in [0.2, 0.25) is 11.8 Å². The van der Waals surface area contributed by atoms with E-state index in [9.17, 15) is 14.4 Å². The second-order valence-electron chi connectivity index (χ2n) is 9.26. The van der Waals surface area contributed by atoms with Gasteiger partial charge in [-0.25, -0.2) is 0 Å². The normalized spacial score (nSPS) is 20.4. The number of fused-ring (bicyclic) bond motifs is 1. The van der Waals surface area contributed by atoms with Gasteiger partial charge in [0, 0.05) is 22.9 Å². The zero-order valence-electron chi connectivity index (χ0n) is 20.1. The van der Waals surface area contributed by atoms with Crippen LogP contribution in [0.25, 0.3) is 0 Å². The van der Waals surface area contributed by atoms with Crippen molar-refractivity contribution in [3.63, 3.8) is 0 Å². The minimum absolute atomic E-state index is 0.0303. The maximum atomic E-state index is 13.7. The zero-order valence-corrected chi connectivity index (χ0v) is 21.6. The molecule has 2 rings (SSSR count). The number of hydrogen-bond acceptors (Lipinski definition) is 3. The molecular formula is C26H34Cl2N2O4. The van der Waals surface area contributed by atoms with Crippen LogP contribution in [-0.4, -0.2) is 52.8 Å². The van der Waals surface area contributed by atoms with E-state index < -0.39 is 24.3 Å². The van der Waals surface area contributed by atoms with E-state index >= 15 is 0 Å². The molecule has 4 unspecified atom stereocenters. The van der Waals surface area contributed by atoms with E-state index in [1.165, 1.54) is 0 Å². The van der Waals surface area contributed by atoms with Gasteiger partial charge in [-0.3, -0.25) is 14.4 Å². The zero-order chi connectivity index (χ0) is 25.4. The number of halogens is 2. The van der Waals surface area contributed by atoms with Crippen LogP contribution in [-0.2, 0) is 14.4 Å². The fourth-order valence-electron chi connectivity index (χ4n) is 4.25. The smallest absolute Gasteiger partial charge is 0.322 e. The molecule has 1 aromatic rings. The third kappa shape index (κ3) is 8.17. The lowest BCUT2D eigenvalue weighted by molar-refractivity contribution is -0.139. The van der Waals surface area contributed by atoms with Gasteiger partial charge >= 0.3 is 5.97 Å². The highest BCUT2D eigenvalue weighted by atomic mass is 35.5. The number of allylic oxidation sites excluding steroid dienone is 4. The van der Waals surface area contributed by atoms with Crippen molar-refractivity contribution in [2.45, 2.75) is 51.3 Å². The predicted octanol–water partition coefficient (Wildman–Crippen LogP) is 4.97. The van der Waals surface area contributed by atoms with Crippen molar-refractivity contribution in [2.75, 3.05) is 19.6 Å². The summed E-state index contributed by atoms with van der Waals surface area (Å²) in [7, 11) is 0. The molecule has 2 amide bonds. The van der Waals surface area contributed by atoms with Crippen LogP contribution >= 0.6 is 23.2 Å². The minimum Gasteiger partial charge on any atom is -0.480 e. The van der Waals surface area contributed by atoms with Crippen molar-refractivity contribution in [1.82, 2.24) is 10.2 Å². The van der Waals surface area contributed by atoms with Gasteiger partial charge in [0.05, 0.1) is 12.5 Å². The Balaban J connectivity index is 2.46. The molecule has 0 saturated carbocycles. The second kappa shape index (κ2) is 13.0. The van der Waals surface area contributed by atoms with E-state index in [0.29, 0.717) is 18.0 Å². The summed E-state index contributed by atoms with van der Waals surface area (Å²) in [6.45, 7) is 7.71. The Morgan fingerprint density at radius 2 is 1.85 bits per heavy atom. The van der Waals surface area contributed by atoms with Gasteiger partial charge in [-0.2, -0.15) is 0 Å².